The quantitative estimate of drug-likeness (QED) is 0.738. The van der Waals surface area contributed by atoms with Crippen molar-refractivity contribution in [1.29, 1.82) is 0 Å². The predicted octanol–water partition coefficient (Wildman–Crippen LogP) is 3.72. The summed E-state index contributed by atoms with van der Waals surface area (Å²) < 4.78 is 20.0. The minimum absolute atomic E-state index is 0.252. The molecule has 0 spiro atoms. The molecule has 27 heavy (non-hydrogen) atoms. The van der Waals surface area contributed by atoms with Gasteiger partial charge in [-0.25, -0.2) is 9.37 Å². The summed E-state index contributed by atoms with van der Waals surface area (Å²) in [4.78, 5) is 9.80. The molecular weight excluding hydrogens is 345 g/mol. The van der Waals surface area contributed by atoms with Crippen LogP contribution in [0, 0.1) is 12.7 Å². The molecule has 0 amide bonds. The molecule has 0 aliphatic carbocycles. The second-order valence-corrected chi connectivity index (χ2v) is 6.91. The van der Waals surface area contributed by atoms with Gasteiger partial charge in [-0.3, -0.25) is 4.90 Å². The number of fused-ring (bicyclic) bond motifs is 1. The van der Waals surface area contributed by atoms with Gasteiger partial charge in [0.05, 0.1) is 25.2 Å². The molecule has 0 fully saturated rings. The molecule has 5 nitrogen and oxygen atoms in total. The number of methoxy groups -OCH3 is 1. The van der Waals surface area contributed by atoms with Gasteiger partial charge in [-0.2, -0.15) is 0 Å². The first-order valence-electron chi connectivity index (χ1n) is 8.95. The van der Waals surface area contributed by atoms with Gasteiger partial charge >= 0.3 is 0 Å². The number of aromatic amines is 1. The lowest BCUT2D eigenvalue weighted by Gasteiger charge is -2.35. The Morgan fingerprint density at radius 3 is 2.93 bits per heavy atom. The first-order chi connectivity index (χ1) is 13.1. The molecule has 1 atom stereocenters. The van der Waals surface area contributed by atoms with Gasteiger partial charge in [-0.15, -0.1) is 0 Å². The number of aromatic hydroxyl groups is 1. The van der Waals surface area contributed by atoms with Crippen molar-refractivity contribution in [3.8, 4) is 11.5 Å². The van der Waals surface area contributed by atoms with Gasteiger partial charge in [0.1, 0.15) is 17.3 Å². The van der Waals surface area contributed by atoms with E-state index in [1.165, 1.54) is 13.2 Å². The average molecular weight is 367 g/mol. The van der Waals surface area contributed by atoms with Crippen molar-refractivity contribution in [2.75, 3.05) is 13.7 Å². The highest BCUT2D eigenvalue weighted by Crippen LogP contribution is 2.37. The van der Waals surface area contributed by atoms with Crippen molar-refractivity contribution in [1.82, 2.24) is 14.9 Å². The van der Waals surface area contributed by atoms with Crippen LogP contribution in [0.3, 0.4) is 0 Å². The van der Waals surface area contributed by atoms with Crippen LogP contribution in [-0.2, 0) is 13.0 Å². The van der Waals surface area contributed by atoms with E-state index in [9.17, 15) is 9.50 Å². The normalized spacial score (nSPS) is 16.9. The molecule has 2 aromatic carbocycles. The van der Waals surface area contributed by atoms with Gasteiger partial charge in [0.2, 0.25) is 0 Å². The van der Waals surface area contributed by atoms with Gasteiger partial charge < -0.3 is 14.8 Å². The van der Waals surface area contributed by atoms with Gasteiger partial charge in [0.15, 0.2) is 0 Å². The molecule has 0 bridgehead atoms. The summed E-state index contributed by atoms with van der Waals surface area (Å²) in [5.74, 6) is 0.410. The van der Waals surface area contributed by atoms with Crippen molar-refractivity contribution in [3.63, 3.8) is 0 Å². The number of H-pyrrole nitrogens is 1. The van der Waals surface area contributed by atoms with Crippen LogP contribution in [0.15, 0.2) is 42.7 Å². The molecule has 1 aliphatic rings. The second kappa shape index (κ2) is 7.04. The van der Waals surface area contributed by atoms with Crippen molar-refractivity contribution < 1.29 is 14.2 Å². The Morgan fingerprint density at radius 1 is 1.30 bits per heavy atom. The number of ether oxygens (including phenoxy) is 1. The van der Waals surface area contributed by atoms with Crippen molar-refractivity contribution in [2.24, 2.45) is 0 Å². The molecule has 1 aliphatic heterocycles. The summed E-state index contributed by atoms with van der Waals surface area (Å²) in [6, 6.07) is 10.1. The molecule has 140 valence electrons. The highest BCUT2D eigenvalue weighted by Gasteiger charge is 2.33. The number of aromatic nitrogens is 2. The maximum absolute atomic E-state index is 14.9. The molecule has 2 N–H and O–H groups in total. The minimum Gasteiger partial charge on any atom is -0.508 e. The highest BCUT2D eigenvalue weighted by molar-refractivity contribution is 5.39. The highest BCUT2D eigenvalue weighted by atomic mass is 19.1. The first-order valence-corrected chi connectivity index (χ1v) is 8.95. The summed E-state index contributed by atoms with van der Waals surface area (Å²) in [6.45, 7) is 3.24. The number of hydrogen-bond acceptors (Lipinski definition) is 4. The van der Waals surface area contributed by atoms with Crippen LogP contribution < -0.4 is 4.74 Å². The first kappa shape index (κ1) is 17.5. The van der Waals surface area contributed by atoms with E-state index in [1.807, 2.05) is 19.1 Å². The number of phenols is 1. The standard InChI is InChI=1S/C21H22FN3O2/c1-13-3-6-19(26)14(9-13)11-25-8-7-18-20(24-12-23-18)21(25)16-5-4-15(27-2)10-17(16)22/h3-6,9-10,12,21,26H,7-8,11H2,1-2H3,(H,23,24)/t21-/m0/s1. The molecule has 1 aromatic heterocycles. The Bertz CT molecular complexity index is 970. The van der Waals surface area contributed by atoms with Crippen molar-refractivity contribution in [2.45, 2.75) is 25.9 Å². The maximum atomic E-state index is 14.9. The maximum Gasteiger partial charge on any atom is 0.132 e. The van der Waals surface area contributed by atoms with Gasteiger partial charge in [0, 0.05) is 42.4 Å². The Balaban J connectivity index is 1.75. The third-order valence-electron chi connectivity index (χ3n) is 5.14. The van der Waals surface area contributed by atoms with E-state index < -0.39 is 0 Å². The zero-order chi connectivity index (χ0) is 19.0. The molecule has 0 radical (unpaired) electrons. The van der Waals surface area contributed by atoms with Crippen LogP contribution in [0.4, 0.5) is 4.39 Å². The number of benzene rings is 2. The van der Waals surface area contributed by atoms with E-state index in [1.54, 1.807) is 24.5 Å². The number of aryl methyl sites for hydroxylation is 1. The van der Waals surface area contributed by atoms with Crippen LogP contribution in [0.5, 0.6) is 11.5 Å². The van der Waals surface area contributed by atoms with E-state index in [2.05, 4.69) is 14.9 Å². The fraction of sp³-hybridized carbons (Fsp3) is 0.286. The van der Waals surface area contributed by atoms with Gasteiger partial charge in [0.25, 0.3) is 0 Å². The Kier molecular flexibility index (Phi) is 4.58. The number of nitrogens with one attached hydrogen (secondary N) is 1. The molecule has 3 aromatic rings. The van der Waals surface area contributed by atoms with Crippen molar-refractivity contribution >= 4 is 0 Å². The molecule has 0 unspecified atom stereocenters. The van der Waals surface area contributed by atoms with Crippen LogP contribution in [-0.4, -0.2) is 33.6 Å². The summed E-state index contributed by atoms with van der Waals surface area (Å²) in [6.07, 6.45) is 2.46. The molecule has 4 rings (SSSR count). The molecular formula is C21H22FN3O2. The van der Waals surface area contributed by atoms with E-state index in [4.69, 9.17) is 4.74 Å². The zero-order valence-electron chi connectivity index (χ0n) is 15.4. The second-order valence-electron chi connectivity index (χ2n) is 6.91. The SMILES string of the molecule is COc1ccc([C@H]2c3nc[nH]c3CCN2Cc2cc(C)ccc2O)c(F)c1. The lowest BCUT2D eigenvalue weighted by Crippen LogP contribution is -2.36. The number of nitrogens with zero attached hydrogens (tertiary/aromatic N) is 2. The molecule has 0 saturated heterocycles. The summed E-state index contributed by atoms with van der Waals surface area (Å²) in [7, 11) is 1.52. The molecule has 0 saturated carbocycles. The lowest BCUT2D eigenvalue weighted by atomic mass is 9.94. The van der Waals surface area contributed by atoms with E-state index in [0.717, 1.165) is 35.5 Å². The largest absolute Gasteiger partial charge is 0.508 e. The van der Waals surface area contributed by atoms with Crippen LogP contribution in [0.2, 0.25) is 0 Å². The topological polar surface area (TPSA) is 61.4 Å². The summed E-state index contributed by atoms with van der Waals surface area (Å²) >= 11 is 0. The number of imidazole rings is 1. The number of halogens is 1. The molecule has 2 heterocycles. The minimum atomic E-state index is -0.328. The third-order valence-corrected chi connectivity index (χ3v) is 5.14. The average Bonchev–Trinajstić information content (AvgIpc) is 3.13. The predicted molar refractivity (Wildman–Crippen MR) is 100 cm³/mol. The van der Waals surface area contributed by atoms with E-state index in [-0.39, 0.29) is 17.6 Å². The van der Waals surface area contributed by atoms with Crippen LogP contribution in [0.1, 0.15) is 34.1 Å². The Labute approximate surface area is 157 Å². The smallest absolute Gasteiger partial charge is 0.132 e. The fourth-order valence-electron chi connectivity index (χ4n) is 3.76. The van der Waals surface area contributed by atoms with E-state index in [0.29, 0.717) is 17.9 Å². The zero-order valence-corrected chi connectivity index (χ0v) is 15.4. The summed E-state index contributed by atoms with van der Waals surface area (Å²) in [5, 5.41) is 10.3. The van der Waals surface area contributed by atoms with Gasteiger partial charge in [-0.05, 0) is 19.1 Å². The fourth-order valence-corrected chi connectivity index (χ4v) is 3.76. The van der Waals surface area contributed by atoms with Crippen molar-refractivity contribution in [3.05, 3.63) is 76.6 Å². The number of rotatable bonds is 4. The van der Waals surface area contributed by atoms with Gasteiger partial charge in [-0.1, -0.05) is 23.8 Å². The monoisotopic (exact) mass is 367 g/mol. The number of phenolic OH excluding ortho intramolecular Hbond substituents is 1. The Hall–Kier alpha value is -2.86. The van der Waals surface area contributed by atoms with Crippen LogP contribution >= 0.6 is 0 Å². The Morgan fingerprint density at radius 2 is 2.15 bits per heavy atom. The summed E-state index contributed by atoms with van der Waals surface area (Å²) in [5.41, 5.74) is 4.31. The van der Waals surface area contributed by atoms with E-state index >= 15 is 0 Å². The number of hydrogen-bond donors (Lipinski definition) is 2. The van der Waals surface area contributed by atoms with Crippen LogP contribution in [0.25, 0.3) is 0 Å². The third kappa shape index (κ3) is 3.28. The molecule has 6 heteroatoms. The lowest BCUT2D eigenvalue weighted by molar-refractivity contribution is 0.194.